The van der Waals surface area contributed by atoms with Crippen LogP contribution in [0.5, 0.6) is 5.75 Å². The average Bonchev–Trinajstić information content (AvgIpc) is 2.35. The molecule has 0 aliphatic carbocycles. The molecule has 0 amide bonds. The van der Waals surface area contributed by atoms with Crippen molar-refractivity contribution >= 4 is 20.0 Å². The van der Waals surface area contributed by atoms with E-state index in [1.807, 2.05) is 31.2 Å². The second-order valence-electron chi connectivity index (χ2n) is 3.57. The third kappa shape index (κ3) is 4.32. The Kier molecular flexibility index (Phi) is 5.99. The molecule has 0 heterocycles. The van der Waals surface area contributed by atoms with Crippen LogP contribution >= 0.6 is 8.25 Å². The normalized spacial score (nSPS) is 11.3. The van der Waals surface area contributed by atoms with Gasteiger partial charge < -0.3 is 0 Å². The van der Waals surface area contributed by atoms with E-state index in [9.17, 15) is 4.79 Å². The van der Waals surface area contributed by atoms with Gasteiger partial charge in [-0.25, -0.2) is 0 Å². The van der Waals surface area contributed by atoms with Crippen molar-refractivity contribution in [1.29, 1.82) is 0 Å². The number of halogens is 1. The van der Waals surface area contributed by atoms with E-state index in [2.05, 4.69) is 0 Å². The van der Waals surface area contributed by atoms with Crippen molar-refractivity contribution in [3.8, 4) is 5.75 Å². The van der Waals surface area contributed by atoms with E-state index in [0.717, 1.165) is 14.4 Å². The summed E-state index contributed by atoms with van der Waals surface area (Å²) in [6.07, 6.45) is 0. The predicted octanol–water partition coefficient (Wildman–Crippen LogP) is 3.18. The number of rotatable bonds is 4. The van der Waals surface area contributed by atoms with Gasteiger partial charge in [-0.3, -0.25) is 0 Å². The molecular weight excluding hydrogens is 428 g/mol. The number of benzene rings is 1. The van der Waals surface area contributed by atoms with Crippen molar-refractivity contribution in [3.05, 3.63) is 32.9 Å². The summed E-state index contributed by atoms with van der Waals surface area (Å²) < 4.78 is 11.3. The van der Waals surface area contributed by atoms with Crippen LogP contribution in [0.1, 0.15) is 19.4 Å². The summed E-state index contributed by atoms with van der Waals surface area (Å²) >= 11 is -1.58. The molecule has 0 spiro atoms. The van der Waals surface area contributed by atoms with Crippen LogP contribution in [0.3, 0.4) is 0 Å². The Hall–Kier alpha value is -0.545. The van der Waals surface area contributed by atoms with Crippen molar-refractivity contribution in [2.24, 2.45) is 0 Å². The molecule has 1 rings (SSSR count). The number of carbonyl (C=O) groups is 1. The van der Waals surface area contributed by atoms with E-state index in [1.165, 1.54) is 6.92 Å². The van der Waals surface area contributed by atoms with Gasteiger partial charge in [0.15, 0.2) is 0 Å². The summed E-state index contributed by atoms with van der Waals surface area (Å²) in [6.45, 7) is 3.32. The summed E-state index contributed by atoms with van der Waals surface area (Å²) in [6, 6.07) is 7.39. The third-order valence-electron chi connectivity index (χ3n) is 2.19. The number of methoxy groups -OCH3 is 1. The molecule has 0 saturated heterocycles. The van der Waals surface area contributed by atoms with Gasteiger partial charge in [-0.1, -0.05) is 0 Å². The molecule has 0 fully saturated rings. The molecule has 1 aromatic rings. The van der Waals surface area contributed by atoms with E-state index in [0.29, 0.717) is 5.76 Å². The molecule has 0 bridgehead atoms. The molecule has 0 saturated carbocycles. The number of esters is 1. The van der Waals surface area contributed by atoms with Gasteiger partial charge in [0.2, 0.25) is 0 Å². The zero-order valence-electron chi connectivity index (χ0n) is 10.1. The van der Waals surface area contributed by atoms with E-state index in [-0.39, 0.29) is 5.97 Å². The molecule has 0 radical (unpaired) electrons. The Morgan fingerprint density at radius 1 is 1.24 bits per heavy atom. The zero-order valence-corrected chi connectivity index (χ0v) is 16.4. The van der Waals surface area contributed by atoms with E-state index >= 15 is 0 Å². The maximum absolute atomic E-state index is 11.1. The first-order valence-corrected chi connectivity index (χ1v) is 14.7. The molecule has 0 aliphatic heterocycles. The Morgan fingerprint density at radius 3 is 2.24 bits per heavy atom. The predicted molar refractivity (Wildman–Crippen MR) is 63.2 cm³/mol. The van der Waals surface area contributed by atoms with Crippen molar-refractivity contribution in [1.82, 2.24) is 0 Å². The number of carbonyl (C=O) groups excluding carboxylic acids is 1. The summed E-state index contributed by atoms with van der Waals surface area (Å²) in [7, 11) is 7.60. The van der Waals surface area contributed by atoms with Crippen LogP contribution in [-0.4, -0.2) is 13.1 Å². The average molecular weight is 441 g/mol. The third-order valence-corrected chi connectivity index (χ3v) is 8.51. The second kappa shape index (κ2) is 7.02. The first kappa shape index (κ1) is 14.5. The zero-order chi connectivity index (χ0) is 12.8. The second-order valence-corrected chi connectivity index (χ2v) is 11.1. The monoisotopic (exact) mass is 442 g/mol. The Balaban J connectivity index is 3.09. The van der Waals surface area contributed by atoms with E-state index < -0.39 is 23.3 Å². The van der Waals surface area contributed by atoms with Crippen molar-refractivity contribution in [3.63, 3.8) is 0 Å². The standard InChI is InChI=1S/C12H13O3.ClH.Hg/c1-4-12(15-9(2)13)10-5-7-11(14-3)8-6-10;;/h5-8H,1-3H3;1H;/q;;+1/p-1. The molecule has 1 aromatic carbocycles. The van der Waals surface area contributed by atoms with E-state index in [1.54, 1.807) is 7.11 Å². The van der Waals surface area contributed by atoms with Crippen LogP contribution in [0.2, 0.25) is 0 Å². The summed E-state index contributed by atoms with van der Waals surface area (Å²) in [4.78, 5) is 11.1. The fourth-order valence-corrected chi connectivity index (χ4v) is 3.95. The summed E-state index contributed by atoms with van der Waals surface area (Å²) in [5, 5.41) is 0. The van der Waals surface area contributed by atoms with Gasteiger partial charge in [0.25, 0.3) is 0 Å². The Labute approximate surface area is 117 Å². The van der Waals surface area contributed by atoms with E-state index in [4.69, 9.17) is 17.7 Å². The molecule has 3 nitrogen and oxygen atoms in total. The van der Waals surface area contributed by atoms with Crippen molar-refractivity contribution < 1.29 is 37.6 Å². The minimum absolute atomic E-state index is 0.325. The number of ether oxygens (including phenoxy) is 2. The Morgan fingerprint density at radius 2 is 1.82 bits per heavy atom. The van der Waals surface area contributed by atoms with Crippen LogP contribution in [0.25, 0.3) is 5.76 Å². The molecular formula is C12H13ClHgO3. The SMILES string of the molecule is COc1ccc(/C(OC(C)=O)=[C](/C)[Hg][Cl])cc1. The molecule has 0 unspecified atom stereocenters. The molecule has 0 atom stereocenters. The fraction of sp³-hybridized carbons (Fsp3) is 0.250. The van der Waals surface area contributed by atoms with Crippen LogP contribution in [0, 0.1) is 0 Å². The molecule has 5 heteroatoms. The Bertz CT molecular complexity index is 426. The molecule has 88 valence electrons. The first-order valence-electron chi connectivity index (χ1n) is 5.17. The molecule has 0 aliphatic rings. The summed E-state index contributed by atoms with van der Waals surface area (Å²) in [5.41, 5.74) is 0.860. The van der Waals surface area contributed by atoms with Crippen LogP contribution in [-0.2, 0) is 32.9 Å². The molecule has 0 N–H and O–H groups in total. The topological polar surface area (TPSA) is 35.5 Å². The van der Waals surface area contributed by atoms with Gasteiger partial charge in [-0.15, -0.1) is 0 Å². The minimum atomic E-state index is -1.58. The van der Waals surface area contributed by atoms with Crippen molar-refractivity contribution in [2.45, 2.75) is 13.8 Å². The van der Waals surface area contributed by atoms with Gasteiger partial charge >= 0.3 is 117 Å². The summed E-state index contributed by atoms with van der Waals surface area (Å²) in [5.74, 6) is 1.05. The molecule has 17 heavy (non-hydrogen) atoms. The quantitative estimate of drug-likeness (QED) is 0.409. The van der Waals surface area contributed by atoms with Gasteiger partial charge in [-0.2, -0.15) is 0 Å². The van der Waals surface area contributed by atoms with Crippen molar-refractivity contribution in [2.75, 3.05) is 7.11 Å². The van der Waals surface area contributed by atoms with Gasteiger partial charge in [0.1, 0.15) is 0 Å². The van der Waals surface area contributed by atoms with Gasteiger partial charge in [-0.05, 0) is 0 Å². The van der Waals surface area contributed by atoms with Crippen LogP contribution in [0.4, 0.5) is 0 Å². The fourth-order valence-electron chi connectivity index (χ4n) is 1.34. The molecule has 0 aromatic heterocycles. The first-order chi connectivity index (χ1) is 8.08. The number of hydrogen-bond donors (Lipinski definition) is 0. The van der Waals surface area contributed by atoms with Gasteiger partial charge in [0, 0.05) is 0 Å². The number of hydrogen-bond acceptors (Lipinski definition) is 3. The van der Waals surface area contributed by atoms with Crippen LogP contribution < -0.4 is 4.74 Å². The number of allylic oxidation sites excluding steroid dienone is 1. The van der Waals surface area contributed by atoms with Gasteiger partial charge in [0.05, 0.1) is 0 Å². The maximum atomic E-state index is 11.1. The van der Waals surface area contributed by atoms with Crippen LogP contribution in [0.15, 0.2) is 27.3 Å².